The number of aromatic nitrogens is 1. The molecule has 1 aliphatic heterocycles. The molecule has 2 heterocycles. The molecular weight excluding hydrogens is 596 g/mol. The second-order valence-corrected chi connectivity index (χ2v) is 10.7. The molecular formula is C30H28BrClN4O4. The summed E-state index contributed by atoms with van der Waals surface area (Å²) in [7, 11) is 1.85. The molecule has 1 aliphatic rings. The van der Waals surface area contributed by atoms with E-state index >= 15 is 0 Å². The molecule has 1 aromatic heterocycles. The zero-order valence-corrected chi connectivity index (χ0v) is 24.5. The minimum absolute atomic E-state index is 0.0897. The number of nitrogens with zero attached hydrogens (tertiary/aromatic N) is 4. The predicted molar refractivity (Wildman–Crippen MR) is 162 cm³/mol. The molecule has 0 atom stereocenters. The van der Waals surface area contributed by atoms with Crippen molar-refractivity contribution < 1.29 is 14.5 Å². The molecule has 0 spiro atoms. The summed E-state index contributed by atoms with van der Waals surface area (Å²) in [5, 5.41) is 11.6. The van der Waals surface area contributed by atoms with Crippen molar-refractivity contribution in [2.45, 2.75) is 6.92 Å². The number of carbonyl (C=O) groups excluding carboxylic acids is 1. The Kier molecular flexibility index (Phi) is 8.14. The van der Waals surface area contributed by atoms with E-state index in [1.807, 2.05) is 48.0 Å². The zero-order valence-electron chi connectivity index (χ0n) is 22.1. The molecule has 0 radical (unpaired) electrons. The van der Waals surface area contributed by atoms with Crippen molar-refractivity contribution in [2.24, 2.45) is 7.05 Å². The molecule has 0 aliphatic carbocycles. The number of hydrogen-bond donors (Lipinski definition) is 0. The predicted octanol–water partition coefficient (Wildman–Crippen LogP) is 7.19. The Labute approximate surface area is 246 Å². The minimum atomic E-state index is -0.386. The number of benzene rings is 3. The summed E-state index contributed by atoms with van der Waals surface area (Å²) in [5.41, 5.74) is 6.11. The summed E-state index contributed by atoms with van der Waals surface area (Å²) in [6, 6.07) is 22.5. The number of halogens is 2. The lowest BCUT2D eigenvalue weighted by atomic mass is 9.96. The van der Waals surface area contributed by atoms with Crippen LogP contribution in [0.2, 0.25) is 5.02 Å². The van der Waals surface area contributed by atoms with Crippen LogP contribution in [0.1, 0.15) is 17.4 Å². The minimum Gasteiger partial charge on any atom is -0.461 e. The van der Waals surface area contributed by atoms with Crippen LogP contribution in [0.5, 0.6) is 0 Å². The van der Waals surface area contributed by atoms with E-state index in [1.54, 1.807) is 31.2 Å². The summed E-state index contributed by atoms with van der Waals surface area (Å²) in [4.78, 5) is 28.3. The van der Waals surface area contributed by atoms with Gasteiger partial charge in [-0.2, -0.15) is 0 Å². The van der Waals surface area contributed by atoms with Gasteiger partial charge in [0, 0.05) is 72.9 Å². The van der Waals surface area contributed by atoms with E-state index in [0.29, 0.717) is 10.7 Å². The summed E-state index contributed by atoms with van der Waals surface area (Å²) in [6.45, 7) is 5.20. The summed E-state index contributed by atoms with van der Waals surface area (Å²) >= 11 is 9.90. The van der Waals surface area contributed by atoms with Crippen LogP contribution in [0.4, 0.5) is 17.1 Å². The van der Waals surface area contributed by atoms with Crippen molar-refractivity contribution in [3.63, 3.8) is 0 Å². The van der Waals surface area contributed by atoms with Crippen molar-refractivity contribution in [1.82, 2.24) is 4.57 Å². The number of esters is 1. The molecule has 0 N–H and O–H groups in total. The second kappa shape index (κ2) is 11.7. The molecule has 1 fully saturated rings. The topological polar surface area (TPSA) is 80.8 Å². The molecule has 206 valence electrons. The molecule has 0 unspecified atom stereocenters. The van der Waals surface area contributed by atoms with E-state index in [9.17, 15) is 14.9 Å². The molecule has 0 amide bonds. The van der Waals surface area contributed by atoms with Gasteiger partial charge >= 0.3 is 5.97 Å². The Balaban J connectivity index is 1.47. The maximum atomic E-state index is 13.2. The van der Waals surface area contributed by atoms with Crippen molar-refractivity contribution in [2.75, 3.05) is 42.6 Å². The van der Waals surface area contributed by atoms with E-state index in [0.717, 1.165) is 64.4 Å². The molecule has 10 heteroatoms. The fourth-order valence-electron chi connectivity index (χ4n) is 5.12. The van der Waals surface area contributed by atoms with E-state index < -0.39 is 0 Å². The number of hydrogen-bond acceptors (Lipinski definition) is 6. The maximum Gasteiger partial charge on any atom is 0.355 e. The van der Waals surface area contributed by atoms with Gasteiger partial charge in [0.15, 0.2) is 0 Å². The molecule has 0 bridgehead atoms. The highest BCUT2D eigenvalue weighted by atomic mass is 79.9. The standard InChI is InChI=1S/C30H28BrClN4O4/c1-3-40-30(37)28-26(27(29(31)33(28)2)20-7-9-22(32)10-8-20)21-5-4-6-25(19-21)35-17-15-34(16-18-35)23-11-13-24(14-12-23)36(38)39/h4-14,19H,3,15-18H2,1-2H3. The van der Waals surface area contributed by atoms with Gasteiger partial charge in [-0.1, -0.05) is 35.9 Å². The molecule has 3 aromatic carbocycles. The number of carbonyl (C=O) groups is 1. The number of anilines is 2. The van der Waals surface area contributed by atoms with Crippen LogP contribution >= 0.6 is 27.5 Å². The van der Waals surface area contributed by atoms with E-state index in [1.165, 1.54) is 0 Å². The van der Waals surface area contributed by atoms with Gasteiger partial charge in [-0.15, -0.1) is 0 Å². The van der Waals surface area contributed by atoms with Gasteiger partial charge in [0.2, 0.25) is 0 Å². The normalized spacial score (nSPS) is 13.4. The Hall–Kier alpha value is -3.82. The third-order valence-corrected chi connectivity index (χ3v) is 8.31. The van der Waals surface area contributed by atoms with Gasteiger partial charge in [-0.25, -0.2) is 4.79 Å². The van der Waals surface area contributed by atoms with Crippen LogP contribution in [0, 0.1) is 10.1 Å². The number of piperazine rings is 1. The van der Waals surface area contributed by atoms with Crippen LogP contribution in [-0.2, 0) is 11.8 Å². The van der Waals surface area contributed by atoms with Crippen LogP contribution in [0.25, 0.3) is 22.3 Å². The third-order valence-electron chi connectivity index (χ3n) is 7.13. The third kappa shape index (κ3) is 5.44. The Bertz CT molecular complexity index is 1550. The molecule has 5 rings (SSSR count). The number of rotatable bonds is 7. The number of ether oxygens (including phenoxy) is 1. The summed E-state index contributed by atoms with van der Waals surface area (Å²) in [6.07, 6.45) is 0. The summed E-state index contributed by atoms with van der Waals surface area (Å²) < 4.78 is 8.06. The van der Waals surface area contributed by atoms with Gasteiger partial charge in [-0.3, -0.25) is 10.1 Å². The van der Waals surface area contributed by atoms with Gasteiger partial charge in [0.1, 0.15) is 5.69 Å². The SMILES string of the molecule is CCOC(=O)c1c(-c2cccc(N3CCN(c4ccc([N+](=O)[O-])cc4)CC3)c2)c(-c2ccc(Cl)cc2)c(Br)n1C. The van der Waals surface area contributed by atoms with E-state index in [4.69, 9.17) is 16.3 Å². The lowest BCUT2D eigenvalue weighted by molar-refractivity contribution is -0.384. The lowest BCUT2D eigenvalue weighted by Gasteiger charge is -2.37. The van der Waals surface area contributed by atoms with Gasteiger partial charge in [0.25, 0.3) is 5.69 Å². The molecule has 1 saturated heterocycles. The largest absolute Gasteiger partial charge is 0.461 e. The van der Waals surface area contributed by atoms with Crippen LogP contribution in [-0.4, -0.2) is 48.2 Å². The van der Waals surface area contributed by atoms with Gasteiger partial charge < -0.3 is 19.1 Å². The first kappa shape index (κ1) is 27.7. The Morgan fingerprint density at radius 1 is 0.925 bits per heavy atom. The molecule has 0 saturated carbocycles. The summed E-state index contributed by atoms with van der Waals surface area (Å²) in [5.74, 6) is -0.386. The first-order valence-corrected chi connectivity index (χ1v) is 14.1. The molecule has 8 nitrogen and oxygen atoms in total. The molecule has 4 aromatic rings. The van der Waals surface area contributed by atoms with Crippen LogP contribution in [0.3, 0.4) is 0 Å². The lowest BCUT2D eigenvalue weighted by Crippen LogP contribution is -2.46. The van der Waals surface area contributed by atoms with E-state index in [-0.39, 0.29) is 23.2 Å². The Morgan fingerprint density at radius 2 is 1.55 bits per heavy atom. The highest BCUT2D eigenvalue weighted by Gasteiger charge is 2.28. The van der Waals surface area contributed by atoms with Crippen LogP contribution in [0.15, 0.2) is 77.4 Å². The average molecular weight is 624 g/mol. The van der Waals surface area contributed by atoms with Crippen molar-refractivity contribution in [3.8, 4) is 22.3 Å². The highest BCUT2D eigenvalue weighted by Crippen LogP contribution is 2.43. The smallest absolute Gasteiger partial charge is 0.355 e. The number of non-ortho nitro benzene ring substituents is 1. The van der Waals surface area contributed by atoms with Crippen molar-refractivity contribution >= 4 is 50.6 Å². The first-order valence-electron chi connectivity index (χ1n) is 12.9. The number of nitro benzene ring substituents is 1. The fourth-order valence-corrected chi connectivity index (χ4v) is 5.85. The molecule has 40 heavy (non-hydrogen) atoms. The second-order valence-electron chi connectivity index (χ2n) is 9.47. The van der Waals surface area contributed by atoms with Gasteiger partial charge in [-0.05, 0) is 70.4 Å². The van der Waals surface area contributed by atoms with Gasteiger partial charge in [0.05, 0.1) is 16.1 Å². The maximum absolute atomic E-state index is 13.2. The zero-order chi connectivity index (χ0) is 28.4. The quantitative estimate of drug-likeness (QED) is 0.123. The fraction of sp³-hybridized carbons (Fsp3) is 0.233. The number of nitro groups is 1. The Morgan fingerprint density at radius 3 is 2.15 bits per heavy atom. The van der Waals surface area contributed by atoms with Crippen molar-refractivity contribution in [1.29, 1.82) is 0 Å². The van der Waals surface area contributed by atoms with Crippen LogP contribution < -0.4 is 9.80 Å². The van der Waals surface area contributed by atoms with E-state index in [2.05, 4.69) is 37.9 Å². The van der Waals surface area contributed by atoms with Crippen molar-refractivity contribution in [3.05, 3.63) is 98.2 Å². The highest BCUT2D eigenvalue weighted by molar-refractivity contribution is 9.10. The first-order chi connectivity index (χ1) is 19.3. The monoisotopic (exact) mass is 622 g/mol. The average Bonchev–Trinajstić information content (AvgIpc) is 3.24.